The molecule has 1 heterocycles. The summed E-state index contributed by atoms with van der Waals surface area (Å²) in [6, 6.07) is 0. The summed E-state index contributed by atoms with van der Waals surface area (Å²) in [5.74, 6) is 0.280. The Balaban J connectivity index is 2.70. The van der Waals surface area contributed by atoms with E-state index < -0.39 is 5.54 Å². The van der Waals surface area contributed by atoms with E-state index in [0.717, 1.165) is 5.01 Å². The van der Waals surface area contributed by atoms with Crippen molar-refractivity contribution < 1.29 is 4.79 Å². The van der Waals surface area contributed by atoms with Gasteiger partial charge in [0.15, 0.2) is 0 Å². The predicted octanol–water partition coefficient (Wildman–Crippen LogP) is 2.91. The Hall–Kier alpha value is -0.420. The summed E-state index contributed by atoms with van der Waals surface area (Å²) in [5.41, 5.74) is -0.411. The Bertz CT molecular complexity index is 349. The fraction of sp³-hybridized carbons (Fsp3) is 0.636. The number of carbonyl (C=O) groups is 1. The van der Waals surface area contributed by atoms with E-state index in [1.54, 1.807) is 17.5 Å². The number of amides is 1. The van der Waals surface area contributed by atoms with Crippen LogP contribution in [0.3, 0.4) is 0 Å². The van der Waals surface area contributed by atoms with Gasteiger partial charge in [-0.3, -0.25) is 4.79 Å². The first-order chi connectivity index (χ1) is 7.34. The zero-order valence-electron chi connectivity index (χ0n) is 9.95. The van der Waals surface area contributed by atoms with Crippen LogP contribution in [0.25, 0.3) is 0 Å². The van der Waals surface area contributed by atoms with E-state index in [4.69, 9.17) is 0 Å². The number of carbonyl (C=O) groups excluding carboxylic acids is 1. The van der Waals surface area contributed by atoms with Gasteiger partial charge in [-0.05, 0) is 19.8 Å². The summed E-state index contributed by atoms with van der Waals surface area (Å²) in [5, 5.41) is 5.84. The van der Waals surface area contributed by atoms with Gasteiger partial charge in [-0.1, -0.05) is 29.8 Å². The van der Waals surface area contributed by atoms with Gasteiger partial charge in [0.05, 0.1) is 10.4 Å². The van der Waals surface area contributed by atoms with Crippen LogP contribution in [-0.2, 0) is 10.3 Å². The number of aromatic nitrogens is 1. The molecule has 0 saturated heterocycles. The van der Waals surface area contributed by atoms with Gasteiger partial charge in [0.1, 0.15) is 5.01 Å². The zero-order valence-corrected chi connectivity index (χ0v) is 12.4. The normalized spacial score (nSPS) is 13.9. The molecular formula is C11H17BrN2OS. The monoisotopic (exact) mass is 304 g/mol. The molecule has 1 rings (SSSR count). The minimum atomic E-state index is -0.411. The maximum absolute atomic E-state index is 11.9. The van der Waals surface area contributed by atoms with Crippen LogP contribution < -0.4 is 5.32 Å². The number of nitrogens with zero attached hydrogens (tertiary/aromatic N) is 1. The van der Waals surface area contributed by atoms with Crippen molar-refractivity contribution >= 4 is 33.2 Å². The van der Waals surface area contributed by atoms with Gasteiger partial charge in [0.25, 0.3) is 0 Å². The van der Waals surface area contributed by atoms with Crippen molar-refractivity contribution in [1.29, 1.82) is 0 Å². The lowest BCUT2D eigenvalue weighted by Crippen LogP contribution is -2.45. The molecule has 1 N–H and O–H groups in total. The fourth-order valence-corrected chi connectivity index (χ4v) is 2.10. The van der Waals surface area contributed by atoms with Crippen LogP contribution >= 0.6 is 27.3 Å². The molecule has 16 heavy (non-hydrogen) atoms. The molecule has 1 atom stereocenters. The lowest BCUT2D eigenvalue weighted by Gasteiger charge is -2.26. The summed E-state index contributed by atoms with van der Waals surface area (Å²) in [4.78, 5) is 16.0. The largest absolute Gasteiger partial charge is 0.344 e. The van der Waals surface area contributed by atoms with Gasteiger partial charge >= 0.3 is 0 Å². The molecule has 0 spiro atoms. The van der Waals surface area contributed by atoms with Gasteiger partial charge < -0.3 is 5.32 Å². The first-order valence-corrected chi connectivity index (χ1v) is 7.00. The number of thiazole rings is 1. The highest BCUT2D eigenvalue weighted by atomic mass is 79.9. The highest BCUT2D eigenvalue weighted by Crippen LogP contribution is 2.23. The molecule has 0 radical (unpaired) electrons. The molecule has 0 saturated carbocycles. The van der Waals surface area contributed by atoms with Gasteiger partial charge in [-0.25, -0.2) is 4.98 Å². The molecule has 0 aliphatic rings. The average Bonchev–Trinajstić information content (AvgIpc) is 2.68. The third-order valence-electron chi connectivity index (χ3n) is 2.24. The number of nitrogens with one attached hydrogen (secondary N) is 1. The Kier molecular flexibility index (Phi) is 4.50. The van der Waals surface area contributed by atoms with E-state index in [1.807, 2.05) is 33.1 Å². The van der Waals surface area contributed by atoms with Crippen LogP contribution in [0.4, 0.5) is 0 Å². The van der Waals surface area contributed by atoms with Crippen LogP contribution in [0, 0.1) is 5.92 Å². The second-order valence-electron chi connectivity index (χ2n) is 4.60. The van der Waals surface area contributed by atoms with Gasteiger partial charge in [0, 0.05) is 11.6 Å². The minimum absolute atomic E-state index is 0.00944. The van der Waals surface area contributed by atoms with E-state index in [-0.39, 0.29) is 16.7 Å². The molecule has 1 aromatic rings. The molecule has 3 nitrogen and oxygen atoms in total. The number of rotatable bonds is 4. The van der Waals surface area contributed by atoms with E-state index in [9.17, 15) is 4.79 Å². The highest BCUT2D eigenvalue weighted by molar-refractivity contribution is 9.10. The predicted molar refractivity (Wildman–Crippen MR) is 70.8 cm³/mol. The maximum atomic E-state index is 11.9. The standard InChI is InChI=1S/C11H17BrN2OS/c1-7(2)8(12)9(15)14-11(3,4)10-13-5-6-16-10/h5-8H,1-4H3,(H,14,15). The minimum Gasteiger partial charge on any atom is -0.344 e. The van der Waals surface area contributed by atoms with Crippen molar-refractivity contribution in [3.05, 3.63) is 16.6 Å². The summed E-state index contributed by atoms with van der Waals surface area (Å²) in [6.45, 7) is 7.94. The molecule has 5 heteroatoms. The molecule has 0 aliphatic carbocycles. The third kappa shape index (κ3) is 3.28. The molecule has 0 aliphatic heterocycles. The number of halogens is 1. The number of hydrogen-bond acceptors (Lipinski definition) is 3. The molecule has 0 aromatic carbocycles. The SMILES string of the molecule is CC(C)C(Br)C(=O)NC(C)(C)c1nccs1. The van der Waals surface area contributed by atoms with Crippen LogP contribution in [0.2, 0.25) is 0 Å². The second kappa shape index (κ2) is 5.27. The molecule has 1 amide bonds. The van der Waals surface area contributed by atoms with Crippen LogP contribution in [0.1, 0.15) is 32.7 Å². The highest BCUT2D eigenvalue weighted by Gasteiger charge is 2.29. The Labute approximate surface area is 109 Å². The Morgan fingerprint density at radius 3 is 2.62 bits per heavy atom. The van der Waals surface area contributed by atoms with Crippen molar-refractivity contribution in [2.45, 2.75) is 38.1 Å². The molecule has 0 bridgehead atoms. The third-order valence-corrected chi connectivity index (χ3v) is 4.81. The molecule has 90 valence electrons. The summed E-state index contributed by atoms with van der Waals surface area (Å²) in [7, 11) is 0. The summed E-state index contributed by atoms with van der Waals surface area (Å²) >= 11 is 4.95. The number of hydrogen-bond donors (Lipinski definition) is 1. The lowest BCUT2D eigenvalue weighted by molar-refractivity contribution is -0.122. The summed E-state index contributed by atoms with van der Waals surface area (Å²) < 4.78 is 0. The van der Waals surface area contributed by atoms with Crippen LogP contribution in [-0.4, -0.2) is 15.7 Å². The zero-order chi connectivity index (χ0) is 12.3. The lowest BCUT2D eigenvalue weighted by atomic mass is 10.0. The molecular weight excluding hydrogens is 288 g/mol. The van der Waals surface area contributed by atoms with E-state index in [1.165, 1.54) is 0 Å². The second-order valence-corrected chi connectivity index (χ2v) is 6.48. The summed E-state index contributed by atoms with van der Waals surface area (Å²) in [6.07, 6.45) is 1.75. The molecule has 1 unspecified atom stereocenters. The van der Waals surface area contributed by atoms with Crippen LogP contribution in [0.5, 0.6) is 0 Å². The van der Waals surface area contributed by atoms with Crippen LogP contribution in [0.15, 0.2) is 11.6 Å². The first kappa shape index (κ1) is 13.6. The van der Waals surface area contributed by atoms with Crippen molar-refractivity contribution in [3.63, 3.8) is 0 Å². The average molecular weight is 305 g/mol. The molecule has 0 fully saturated rings. The topological polar surface area (TPSA) is 42.0 Å². The Morgan fingerprint density at radius 2 is 2.19 bits per heavy atom. The first-order valence-electron chi connectivity index (χ1n) is 5.20. The van der Waals surface area contributed by atoms with Crippen molar-refractivity contribution in [2.24, 2.45) is 5.92 Å². The van der Waals surface area contributed by atoms with E-state index in [2.05, 4.69) is 26.2 Å². The van der Waals surface area contributed by atoms with Crippen molar-refractivity contribution in [1.82, 2.24) is 10.3 Å². The fourth-order valence-electron chi connectivity index (χ4n) is 1.27. The maximum Gasteiger partial charge on any atom is 0.234 e. The Morgan fingerprint density at radius 1 is 1.56 bits per heavy atom. The van der Waals surface area contributed by atoms with E-state index >= 15 is 0 Å². The smallest absolute Gasteiger partial charge is 0.234 e. The van der Waals surface area contributed by atoms with E-state index in [0.29, 0.717) is 0 Å². The molecule has 1 aromatic heterocycles. The van der Waals surface area contributed by atoms with Gasteiger partial charge in [0.2, 0.25) is 5.91 Å². The van der Waals surface area contributed by atoms with Crippen molar-refractivity contribution in [2.75, 3.05) is 0 Å². The quantitative estimate of drug-likeness (QED) is 0.869. The van der Waals surface area contributed by atoms with Gasteiger partial charge in [-0.15, -0.1) is 11.3 Å². The number of alkyl halides is 1. The van der Waals surface area contributed by atoms with Crippen molar-refractivity contribution in [3.8, 4) is 0 Å². The van der Waals surface area contributed by atoms with Gasteiger partial charge in [-0.2, -0.15) is 0 Å².